The molecular weight excluding hydrogens is 386 g/mol. The Bertz CT molecular complexity index is 866. The molecule has 6 nitrogen and oxygen atoms in total. The molecule has 2 fully saturated rings. The molecule has 2 unspecified atom stereocenters. The van der Waals surface area contributed by atoms with Crippen molar-refractivity contribution in [2.45, 2.75) is 69.7 Å². The van der Waals surface area contributed by atoms with Gasteiger partial charge in [-0.2, -0.15) is 0 Å². The van der Waals surface area contributed by atoms with Gasteiger partial charge in [0.05, 0.1) is 12.2 Å². The number of ether oxygens (including phenoxy) is 1. The number of nitrogens with zero attached hydrogens (tertiary/aromatic N) is 4. The van der Waals surface area contributed by atoms with E-state index in [4.69, 9.17) is 10.5 Å². The lowest BCUT2D eigenvalue weighted by Gasteiger charge is -2.42. The average Bonchev–Trinajstić information content (AvgIpc) is 2.80. The van der Waals surface area contributed by atoms with Crippen molar-refractivity contribution in [3.63, 3.8) is 0 Å². The lowest BCUT2D eigenvalue weighted by molar-refractivity contribution is -0.0768. The zero-order valence-electron chi connectivity index (χ0n) is 18.5. The van der Waals surface area contributed by atoms with Gasteiger partial charge in [-0.05, 0) is 86.4 Å². The van der Waals surface area contributed by atoms with Crippen LogP contribution in [0.1, 0.15) is 61.3 Å². The highest BCUT2D eigenvalue weighted by molar-refractivity contribution is 5.31. The summed E-state index contributed by atoms with van der Waals surface area (Å²) in [6, 6.07) is 6.84. The van der Waals surface area contributed by atoms with Gasteiger partial charge in [0.1, 0.15) is 5.82 Å². The molecule has 0 radical (unpaired) electrons. The van der Waals surface area contributed by atoms with Crippen molar-refractivity contribution in [1.29, 1.82) is 0 Å². The van der Waals surface area contributed by atoms with E-state index in [0.29, 0.717) is 24.1 Å². The number of hydrogen-bond donors (Lipinski definition) is 1. The van der Waals surface area contributed by atoms with E-state index in [0.717, 1.165) is 39.0 Å². The van der Waals surface area contributed by atoms with Crippen molar-refractivity contribution in [2.75, 3.05) is 31.9 Å². The molecule has 31 heavy (non-hydrogen) atoms. The molecule has 0 aromatic carbocycles. The van der Waals surface area contributed by atoms with Gasteiger partial charge in [-0.25, -0.2) is 4.98 Å². The zero-order valence-corrected chi connectivity index (χ0v) is 18.5. The van der Waals surface area contributed by atoms with Crippen molar-refractivity contribution < 1.29 is 4.74 Å². The lowest BCUT2D eigenvalue weighted by Crippen LogP contribution is -2.45. The van der Waals surface area contributed by atoms with Gasteiger partial charge in [0, 0.05) is 50.8 Å². The summed E-state index contributed by atoms with van der Waals surface area (Å²) < 4.78 is 6.65. The molecule has 2 aromatic rings. The van der Waals surface area contributed by atoms with Gasteiger partial charge in [0.25, 0.3) is 0 Å². The fourth-order valence-corrected chi connectivity index (χ4v) is 5.68. The maximum atomic E-state index is 6.65. The van der Waals surface area contributed by atoms with Gasteiger partial charge >= 0.3 is 0 Å². The van der Waals surface area contributed by atoms with Crippen LogP contribution < -0.4 is 5.73 Å². The first kappa shape index (κ1) is 20.9. The fraction of sp³-hybridized carbons (Fsp3) is 0.600. The predicted octanol–water partition coefficient (Wildman–Crippen LogP) is 3.58. The summed E-state index contributed by atoms with van der Waals surface area (Å²) in [4.78, 5) is 13.6. The van der Waals surface area contributed by atoms with E-state index in [9.17, 15) is 0 Å². The van der Waals surface area contributed by atoms with E-state index in [1.807, 2.05) is 12.3 Å². The van der Waals surface area contributed by atoms with Gasteiger partial charge in [-0.1, -0.05) is 0 Å². The Morgan fingerprint density at radius 1 is 1.00 bits per heavy atom. The third kappa shape index (κ3) is 5.08. The first-order chi connectivity index (χ1) is 15.2. The Morgan fingerprint density at radius 3 is 2.77 bits per heavy atom. The molecule has 4 heterocycles. The number of nitrogens with two attached hydrogens (primary N) is 1. The number of hydrogen-bond acceptors (Lipinski definition) is 6. The van der Waals surface area contributed by atoms with Crippen LogP contribution in [0.2, 0.25) is 0 Å². The van der Waals surface area contributed by atoms with E-state index in [1.54, 1.807) is 6.20 Å². The summed E-state index contributed by atoms with van der Waals surface area (Å²) in [6.07, 6.45) is 15.0. The molecule has 0 spiro atoms. The number of aromatic nitrogens is 2. The zero-order chi connectivity index (χ0) is 21.0. The van der Waals surface area contributed by atoms with Gasteiger partial charge in [-0.3, -0.25) is 14.8 Å². The Hall–Kier alpha value is -2.02. The minimum atomic E-state index is 0.373. The molecule has 2 N–H and O–H groups in total. The predicted molar refractivity (Wildman–Crippen MR) is 123 cm³/mol. The fourth-order valence-electron chi connectivity index (χ4n) is 5.68. The number of likely N-dealkylation sites (tertiary alicyclic amines) is 2. The van der Waals surface area contributed by atoms with Crippen molar-refractivity contribution >= 4 is 5.82 Å². The van der Waals surface area contributed by atoms with Crippen LogP contribution in [0.5, 0.6) is 0 Å². The Balaban J connectivity index is 1.12. The third-order valence-electron chi connectivity index (χ3n) is 7.25. The quantitative estimate of drug-likeness (QED) is 0.796. The van der Waals surface area contributed by atoms with E-state index in [2.05, 4.69) is 38.1 Å². The van der Waals surface area contributed by atoms with Gasteiger partial charge in [-0.15, -0.1) is 0 Å². The first-order valence-electron chi connectivity index (χ1n) is 12.0. The number of pyridine rings is 2. The smallest absolute Gasteiger partial charge is 0.123 e. The average molecular weight is 422 g/mol. The van der Waals surface area contributed by atoms with Crippen LogP contribution in [-0.4, -0.2) is 58.2 Å². The van der Waals surface area contributed by atoms with Gasteiger partial charge in [0.15, 0.2) is 0 Å². The summed E-state index contributed by atoms with van der Waals surface area (Å²) in [6.45, 7) is 5.40. The highest BCUT2D eigenvalue weighted by Crippen LogP contribution is 2.36. The second-order valence-electron chi connectivity index (χ2n) is 9.44. The minimum Gasteiger partial charge on any atom is -0.384 e. The number of aryl methyl sites for hydroxylation is 1. The second-order valence-corrected chi connectivity index (χ2v) is 9.44. The minimum absolute atomic E-state index is 0.373. The molecule has 166 valence electrons. The molecule has 2 atom stereocenters. The maximum Gasteiger partial charge on any atom is 0.123 e. The normalized spacial score (nSPS) is 25.9. The SMILES string of the molecule is Nc1cc(CN2CCC(OC3CCCN(C4CCCc5cnccc54)C3)CC2)ccn1. The molecule has 3 aliphatic rings. The topological polar surface area (TPSA) is 67.5 Å². The summed E-state index contributed by atoms with van der Waals surface area (Å²) >= 11 is 0. The number of piperidine rings is 2. The molecule has 1 aliphatic carbocycles. The number of nitrogen functional groups attached to an aromatic ring is 1. The van der Waals surface area contributed by atoms with Crippen molar-refractivity contribution in [2.24, 2.45) is 0 Å². The van der Waals surface area contributed by atoms with Crippen LogP contribution in [0.25, 0.3) is 0 Å². The molecule has 0 bridgehead atoms. The summed E-state index contributed by atoms with van der Waals surface area (Å²) in [5.74, 6) is 0.606. The summed E-state index contributed by atoms with van der Waals surface area (Å²) in [7, 11) is 0. The van der Waals surface area contributed by atoms with E-state index >= 15 is 0 Å². The maximum absolute atomic E-state index is 6.65. The van der Waals surface area contributed by atoms with Crippen LogP contribution in [0, 0.1) is 0 Å². The van der Waals surface area contributed by atoms with Crippen LogP contribution in [0.4, 0.5) is 5.82 Å². The lowest BCUT2D eigenvalue weighted by atomic mass is 9.87. The molecule has 6 heteroatoms. The molecule has 2 saturated heterocycles. The van der Waals surface area contributed by atoms with Crippen LogP contribution in [-0.2, 0) is 17.7 Å². The van der Waals surface area contributed by atoms with E-state index in [1.165, 1.54) is 55.3 Å². The number of anilines is 1. The monoisotopic (exact) mass is 421 g/mol. The molecular formula is C25H35N5O. The Morgan fingerprint density at radius 2 is 1.90 bits per heavy atom. The molecule has 2 aromatic heterocycles. The first-order valence-corrected chi connectivity index (χ1v) is 12.0. The van der Waals surface area contributed by atoms with Crippen LogP contribution in [0.3, 0.4) is 0 Å². The second kappa shape index (κ2) is 9.63. The Labute approximate surface area is 185 Å². The van der Waals surface area contributed by atoms with Crippen molar-refractivity contribution in [3.05, 3.63) is 53.5 Å². The van der Waals surface area contributed by atoms with E-state index in [-0.39, 0.29) is 0 Å². The molecule has 2 aliphatic heterocycles. The number of fused-ring (bicyclic) bond motifs is 1. The molecule has 0 saturated carbocycles. The third-order valence-corrected chi connectivity index (χ3v) is 7.25. The standard InChI is InChI=1S/C25H35N5O/c26-25-15-19(6-11-28-25)17-29-13-8-21(9-14-29)31-22-4-2-12-30(18-22)24-5-1-3-20-16-27-10-7-23(20)24/h6-7,10-11,15-16,21-22,24H,1-5,8-9,12-14,17-18H2,(H2,26,28). The van der Waals surface area contributed by atoms with Gasteiger partial charge in [0.2, 0.25) is 0 Å². The van der Waals surface area contributed by atoms with E-state index < -0.39 is 0 Å². The van der Waals surface area contributed by atoms with Crippen LogP contribution in [0.15, 0.2) is 36.8 Å². The van der Waals surface area contributed by atoms with Crippen molar-refractivity contribution in [3.8, 4) is 0 Å². The molecule has 5 rings (SSSR count). The van der Waals surface area contributed by atoms with Crippen molar-refractivity contribution in [1.82, 2.24) is 19.8 Å². The highest BCUT2D eigenvalue weighted by Gasteiger charge is 2.32. The molecule has 0 amide bonds. The Kier molecular flexibility index (Phi) is 6.48. The largest absolute Gasteiger partial charge is 0.384 e. The van der Waals surface area contributed by atoms with Crippen LogP contribution >= 0.6 is 0 Å². The summed E-state index contributed by atoms with van der Waals surface area (Å²) in [5.41, 5.74) is 10.0. The summed E-state index contributed by atoms with van der Waals surface area (Å²) in [5, 5.41) is 0. The highest BCUT2D eigenvalue weighted by atomic mass is 16.5. The van der Waals surface area contributed by atoms with Gasteiger partial charge < -0.3 is 10.5 Å². The number of rotatable bonds is 5.